The van der Waals surface area contributed by atoms with Crippen molar-refractivity contribution in [1.29, 1.82) is 0 Å². The van der Waals surface area contributed by atoms with Crippen molar-refractivity contribution in [2.75, 3.05) is 6.61 Å². The molecule has 1 heterocycles. The number of hydrogen-bond donors (Lipinski definition) is 3. The molecule has 0 aromatic carbocycles. The molecule has 0 radical (unpaired) electrons. The molecule has 1 aliphatic heterocycles. The molecule has 4 fully saturated rings. The van der Waals surface area contributed by atoms with Gasteiger partial charge in [0.1, 0.15) is 11.7 Å². The number of carbonyl (C=O) groups excluding carboxylic acids is 1. The fraction of sp³-hybridized carbons (Fsp3) is 0.933. The monoisotopic (exact) mass is 282 g/mol. The lowest BCUT2D eigenvalue weighted by Gasteiger charge is -2.56. The van der Waals surface area contributed by atoms with Gasteiger partial charge in [0, 0.05) is 5.92 Å². The van der Waals surface area contributed by atoms with E-state index in [4.69, 9.17) is 4.74 Å². The van der Waals surface area contributed by atoms with Gasteiger partial charge in [-0.2, -0.15) is 0 Å². The predicted molar refractivity (Wildman–Crippen MR) is 68.7 cm³/mol. The number of ketones is 1. The van der Waals surface area contributed by atoms with Crippen LogP contribution in [0.2, 0.25) is 0 Å². The maximum absolute atomic E-state index is 12.7. The summed E-state index contributed by atoms with van der Waals surface area (Å²) in [6.45, 7) is 5.65. The summed E-state index contributed by atoms with van der Waals surface area (Å²) in [6.07, 6.45) is -1.55. The van der Waals surface area contributed by atoms with Gasteiger partial charge >= 0.3 is 0 Å². The molecule has 5 heteroatoms. The van der Waals surface area contributed by atoms with Gasteiger partial charge in [0.25, 0.3) is 0 Å². The van der Waals surface area contributed by atoms with E-state index in [0.717, 1.165) is 6.42 Å². The normalized spacial score (nSPS) is 62.2. The second-order valence-corrected chi connectivity index (χ2v) is 7.90. The van der Waals surface area contributed by atoms with Gasteiger partial charge in [0.2, 0.25) is 0 Å². The minimum absolute atomic E-state index is 0.00256. The first-order valence-corrected chi connectivity index (χ1v) is 7.44. The van der Waals surface area contributed by atoms with Crippen molar-refractivity contribution in [2.45, 2.75) is 51.1 Å². The molecular weight excluding hydrogens is 260 g/mol. The van der Waals surface area contributed by atoms with Crippen molar-refractivity contribution in [3.8, 4) is 0 Å². The van der Waals surface area contributed by atoms with Crippen LogP contribution in [-0.2, 0) is 9.53 Å². The molecule has 0 unspecified atom stereocenters. The molecule has 20 heavy (non-hydrogen) atoms. The Kier molecular flexibility index (Phi) is 2.17. The highest BCUT2D eigenvalue weighted by Crippen LogP contribution is 2.75. The minimum Gasteiger partial charge on any atom is -0.395 e. The molecule has 112 valence electrons. The van der Waals surface area contributed by atoms with Crippen LogP contribution in [0.1, 0.15) is 27.2 Å². The Bertz CT molecular complexity index is 502. The van der Waals surface area contributed by atoms with Gasteiger partial charge < -0.3 is 20.1 Å². The van der Waals surface area contributed by atoms with Gasteiger partial charge in [0.05, 0.1) is 24.2 Å². The average molecular weight is 282 g/mol. The Morgan fingerprint density at radius 3 is 2.60 bits per heavy atom. The number of ether oxygens (including phenoxy) is 1. The highest BCUT2D eigenvalue weighted by atomic mass is 16.5. The maximum atomic E-state index is 12.7. The average Bonchev–Trinajstić information content (AvgIpc) is 2.70. The van der Waals surface area contributed by atoms with E-state index in [1.807, 2.05) is 6.92 Å². The van der Waals surface area contributed by atoms with E-state index in [0.29, 0.717) is 0 Å². The molecule has 4 aliphatic rings. The molecule has 0 aromatic rings. The largest absolute Gasteiger partial charge is 0.395 e. The van der Waals surface area contributed by atoms with Crippen molar-refractivity contribution in [3.63, 3.8) is 0 Å². The van der Waals surface area contributed by atoms with E-state index in [9.17, 15) is 20.1 Å². The number of aliphatic hydroxyl groups excluding tert-OH is 2. The summed E-state index contributed by atoms with van der Waals surface area (Å²) in [5, 5.41) is 31.6. The Hall–Kier alpha value is -0.490. The predicted octanol–water partition coefficient (Wildman–Crippen LogP) is -0.281. The van der Waals surface area contributed by atoms with E-state index >= 15 is 0 Å². The summed E-state index contributed by atoms with van der Waals surface area (Å²) < 4.78 is 5.94. The number of rotatable bonds is 1. The molecule has 5 nitrogen and oxygen atoms in total. The zero-order chi connectivity index (χ0) is 14.7. The number of aliphatic hydroxyl groups is 3. The quantitative estimate of drug-likeness (QED) is 0.616. The molecule has 4 rings (SSSR count). The highest BCUT2D eigenvalue weighted by Gasteiger charge is 2.85. The highest BCUT2D eigenvalue weighted by molar-refractivity contribution is 5.94. The SMILES string of the molecule is C[C@@H]1[C@@H]2O[C@H]3[C@H]4[C@H](CC4(C)C)[C@@](CO)(C(=O)[C@H]2O)[C@@]13O. The van der Waals surface area contributed by atoms with Crippen LogP contribution < -0.4 is 0 Å². The van der Waals surface area contributed by atoms with Crippen LogP contribution in [0.15, 0.2) is 0 Å². The van der Waals surface area contributed by atoms with Crippen molar-refractivity contribution >= 4 is 5.78 Å². The van der Waals surface area contributed by atoms with Gasteiger partial charge in [-0.3, -0.25) is 4.79 Å². The summed E-state index contributed by atoms with van der Waals surface area (Å²) in [5.74, 6) is -0.781. The molecule has 2 bridgehead atoms. The second kappa shape index (κ2) is 3.29. The lowest BCUT2D eigenvalue weighted by molar-refractivity contribution is -0.199. The van der Waals surface area contributed by atoms with Gasteiger partial charge in [0.15, 0.2) is 5.78 Å². The summed E-state index contributed by atoms with van der Waals surface area (Å²) in [7, 11) is 0. The van der Waals surface area contributed by atoms with Crippen LogP contribution in [0.4, 0.5) is 0 Å². The number of fused-ring (bicyclic) bond motifs is 4. The molecule has 3 N–H and O–H groups in total. The number of hydrogen-bond acceptors (Lipinski definition) is 5. The smallest absolute Gasteiger partial charge is 0.175 e. The Morgan fingerprint density at radius 2 is 2.05 bits per heavy atom. The lowest BCUT2D eigenvalue weighted by atomic mass is 9.48. The zero-order valence-electron chi connectivity index (χ0n) is 12.0. The fourth-order valence-electron chi connectivity index (χ4n) is 5.99. The molecule has 1 saturated heterocycles. The molecule has 8 atom stereocenters. The lowest BCUT2D eigenvalue weighted by Crippen LogP contribution is -2.68. The summed E-state index contributed by atoms with van der Waals surface area (Å²) >= 11 is 0. The van der Waals surface area contributed by atoms with Crippen LogP contribution in [0.3, 0.4) is 0 Å². The third-order valence-corrected chi connectivity index (χ3v) is 6.95. The van der Waals surface area contributed by atoms with E-state index in [-0.39, 0.29) is 23.2 Å². The van der Waals surface area contributed by atoms with Gasteiger partial charge in [-0.1, -0.05) is 20.8 Å². The summed E-state index contributed by atoms with van der Waals surface area (Å²) in [5.41, 5.74) is -2.59. The summed E-state index contributed by atoms with van der Waals surface area (Å²) in [6, 6.07) is 0. The van der Waals surface area contributed by atoms with Crippen LogP contribution in [0.5, 0.6) is 0 Å². The standard InChI is InChI=1S/C15H22O5/c1-6-10-9(17)11(18)14(5-16)7-4-13(2,3)8(7)12(20-10)15(6,14)19/h6-10,12,16-17,19H,4-5H2,1-3H3/t6-,7+,8-,9+,10+,12+,14+,15-/m1/s1. The molecule has 3 saturated carbocycles. The molecular formula is C15H22O5. The Morgan fingerprint density at radius 1 is 1.40 bits per heavy atom. The van der Waals surface area contributed by atoms with Crippen molar-refractivity contribution in [1.82, 2.24) is 0 Å². The molecule has 0 spiro atoms. The molecule has 0 aromatic heterocycles. The van der Waals surface area contributed by atoms with Crippen LogP contribution in [0.25, 0.3) is 0 Å². The van der Waals surface area contributed by atoms with Crippen LogP contribution in [-0.4, -0.2) is 51.6 Å². The van der Waals surface area contributed by atoms with Crippen molar-refractivity contribution < 1.29 is 24.9 Å². The van der Waals surface area contributed by atoms with Gasteiger partial charge in [-0.05, 0) is 23.7 Å². The molecule has 3 aliphatic carbocycles. The first-order chi connectivity index (χ1) is 9.23. The fourth-order valence-corrected chi connectivity index (χ4v) is 5.99. The third-order valence-electron chi connectivity index (χ3n) is 6.95. The van der Waals surface area contributed by atoms with E-state index in [1.54, 1.807) is 0 Å². The van der Waals surface area contributed by atoms with Crippen LogP contribution >= 0.6 is 0 Å². The minimum atomic E-state index is -1.34. The summed E-state index contributed by atoms with van der Waals surface area (Å²) in [4.78, 5) is 12.7. The third kappa shape index (κ3) is 0.960. The number of carbonyl (C=O) groups is 1. The maximum Gasteiger partial charge on any atom is 0.175 e. The molecule has 0 amide bonds. The second-order valence-electron chi connectivity index (χ2n) is 7.90. The Labute approximate surface area is 117 Å². The Balaban J connectivity index is 1.95. The van der Waals surface area contributed by atoms with Gasteiger partial charge in [-0.25, -0.2) is 0 Å². The van der Waals surface area contributed by atoms with E-state index in [2.05, 4.69) is 13.8 Å². The zero-order valence-corrected chi connectivity index (χ0v) is 12.0. The van der Waals surface area contributed by atoms with Gasteiger partial charge in [-0.15, -0.1) is 0 Å². The van der Waals surface area contributed by atoms with E-state index in [1.165, 1.54) is 0 Å². The van der Waals surface area contributed by atoms with E-state index < -0.39 is 41.7 Å². The van der Waals surface area contributed by atoms with Crippen molar-refractivity contribution in [3.05, 3.63) is 0 Å². The topological polar surface area (TPSA) is 87.0 Å². The van der Waals surface area contributed by atoms with Crippen molar-refractivity contribution in [2.24, 2.45) is 28.6 Å². The first kappa shape index (κ1) is 13.2. The first-order valence-electron chi connectivity index (χ1n) is 7.44. The van der Waals surface area contributed by atoms with Crippen LogP contribution in [0, 0.1) is 28.6 Å². The number of Topliss-reactive ketones (excluding diaryl/α,β-unsaturated/α-hetero) is 1.